The number of rotatable bonds is 5. The van der Waals surface area contributed by atoms with Gasteiger partial charge in [-0.25, -0.2) is 4.98 Å². The van der Waals surface area contributed by atoms with Crippen LogP contribution in [-0.4, -0.2) is 20.9 Å². The number of ether oxygens (including phenoxy) is 1. The Labute approximate surface area is 180 Å². The fourth-order valence-corrected chi connectivity index (χ4v) is 3.34. The maximum Gasteiger partial charge on any atom is 0.267 e. The van der Waals surface area contributed by atoms with Crippen molar-refractivity contribution in [2.24, 2.45) is 0 Å². The van der Waals surface area contributed by atoms with Gasteiger partial charge in [0.05, 0.1) is 11.4 Å². The van der Waals surface area contributed by atoms with Crippen molar-refractivity contribution in [3.63, 3.8) is 0 Å². The first-order chi connectivity index (χ1) is 14.3. The summed E-state index contributed by atoms with van der Waals surface area (Å²) in [7, 11) is 0. The van der Waals surface area contributed by atoms with Crippen molar-refractivity contribution in [1.82, 2.24) is 9.38 Å². The summed E-state index contributed by atoms with van der Waals surface area (Å²) in [5, 5.41) is 3.61. The van der Waals surface area contributed by atoms with Crippen LogP contribution in [0.25, 0.3) is 16.9 Å². The second-order valence-electron chi connectivity index (χ2n) is 7.61. The van der Waals surface area contributed by atoms with E-state index in [1.807, 2.05) is 60.1 Å². The number of hydrogen-bond acceptors (Lipinski definition) is 3. The molecule has 0 bridgehead atoms. The third-order valence-electron chi connectivity index (χ3n) is 4.86. The van der Waals surface area contributed by atoms with E-state index in [2.05, 4.69) is 5.32 Å². The molecule has 2 aromatic heterocycles. The van der Waals surface area contributed by atoms with Gasteiger partial charge in [-0.05, 0) is 62.7 Å². The van der Waals surface area contributed by atoms with E-state index < -0.39 is 5.60 Å². The number of halogens is 1. The van der Waals surface area contributed by atoms with Crippen molar-refractivity contribution >= 4 is 28.8 Å². The van der Waals surface area contributed by atoms with Crippen molar-refractivity contribution in [2.45, 2.75) is 26.4 Å². The summed E-state index contributed by atoms with van der Waals surface area (Å²) >= 11 is 5.92. The van der Waals surface area contributed by atoms with E-state index in [1.54, 1.807) is 38.1 Å². The molecule has 30 heavy (non-hydrogen) atoms. The highest BCUT2D eigenvalue weighted by Crippen LogP contribution is 2.29. The van der Waals surface area contributed by atoms with Gasteiger partial charge in [0.25, 0.3) is 5.91 Å². The van der Waals surface area contributed by atoms with E-state index in [0.717, 1.165) is 22.5 Å². The van der Waals surface area contributed by atoms with Gasteiger partial charge in [0.2, 0.25) is 0 Å². The van der Waals surface area contributed by atoms with Crippen molar-refractivity contribution in [1.29, 1.82) is 0 Å². The van der Waals surface area contributed by atoms with Gasteiger partial charge < -0.3 is 14.5 Å². The largest absolute Gasteiger partial charge is 0.478 e. The highest BCUT2D eigenvalue weighted by Gasteiger charge is 2.30. The molecule has 152 valence electrons. The summed E-state index contributed by atoms with van der Waals surface area (Å²) in [5.74, 6) is 0.313. The Morgan fingerprint density at radius 2 is 1.80 bits per heavy atom. The lowest BCUT2D eigenvalue weighted by Gasteiger charge is -2.25. The van der Waals surface area contributed by atoms with Crippen LogP contribution in [0.4, 0.5) is 5.69 Å². The molecular weight excluding hydrogens is 398 g/mol. The predicted octanol–water partition coefficient (Wildman–Crippen LogP) is 5.76. The molecule has 1 N–H and O–H groups in total. The number of para-hydroxylation sites is 1. The fraction of sp³-hybridized carbons (Fsp3) is 0.167. The Kier molecular flexibility index (Phi) is 5.22. The summed E-state index contributed by atoms with van der Waals surface area (Å²) in [6.07, 6.45) is 3.92. The smallest absolute Gasteiger partial charge is 0.267 e. The van der Waals surface area contributed by atoms with Crippen LogP contribution >= 0.6 is 11.6 Å². The number of imidazole rings is 1. The van der Waals surface area contributed by atoms with Gasteiger partial charge in [-0.3, -0.25) is 4.79 Å². The van der Waals surface area contributed by atoms with Gasteiger partial charge in [0, 0.05) is 23.0 Å². The van der Waals surface area contributed by atoms with Crippen molar-refractivity contribution in [2.75, 3.05) is 5.32 Å². The van der Waals surface area contributed by atoms with Gasteiger partial charge >= 0.3 is 0 Å². The van der Waals surface area contributed by atoms with Crippen LogP contribution in [0.2, 0.25) is 5.02 Å². The number of nitrogens with zero attached hydrogens (tertiary/aromatic N) is 2. The van der Waals surface area contributed by atoms with E-state index in [-0.39, 0.29) is 5.91 Å². The average Bonchev–Trinajstić information content (AvgIpc) is 3.15. The molecule has 0 atom stereocenters. The zero-order chi connectivity index (χ0) is 21.3. The molecule has 0 saturated heterocycles. The fourth-order valence-electron chi connectivity index (χ4n) is 3.22. The summed E-state index contributed by atoms with van der Waals surface area (Å²) in [4.78, 5) is 17.8. The lowest BCUT2D eigenvalue weighted by atomic mass is 10.1. The summed E-state index contributed by atoms with van der Waals surface area (Å²) in [5.41, 5.74) is 3.20. The summed E-state index contributed by atoms with van der Waals surface area (Å²) < 4.78 is 7.89. The molecule has 0 spiro atoms. The lowest BCUT2D eigenvalue weighted by molar-refractivity contribution is -0.128. The minimum Gasteiger partial charge on any atom is -0.478 e. The number of aromatic nitrogens is 2. The van der Waals surface area contributed by atoms with Gasteiger partial charge in [0.15, 0.2) is 5.60 Å². The number of aryl methyl sites for hydroxylation is 1. The Morgan fingerprint density at radius 3 is 2.53 bits per heavy atom. The molecule has 0 aliphatic heterocycles. The lowest BCUT2D eigenvalue weighted by Crippen LogP contribution is -2.42. The van der Waals surface area contributed by atoms with E-state index in [4.69, 9.17) is 21.3 Å². The number of fused-ring (bicyclic) bond motifs is 1. The average molecular weight is 420 g/mol. The Hall–Kier alpha value is -3.31. The Morgan fingerprint density at radius 1 is 1.07 bits per heavy atom. The normalized spacial score (nSPS) is 11.5. The first-order valence-electron chi connectivity index (χ1n) is 9.63. The number of hydrogen-bond donors (Lipinski definition) is 1. The van der Waals surface area contributed by atoms with Gasteiger partial charge in [-0.15, -0.1) is 0 Å². The van der Waals surface area contributed by atoms with Crippen LogP contribution in [0.5, 0.6) is 5.75 Å². The highest BCUT2D eigenvalue weighted by atomic mass is 35.5. The first kappa shape index (κ1) is 20.0. The maximum atomic E-state index is 13.0. The summed E-state index contributed by atoms with van der Waals surface area (Å²) in [6.45, 7) is 5.48. The molecule has 0 aliphatic carbocycles. The molecule has 4 rings (SSSR count). The maximum absolute atomic E-state index is 13.0. The highest BCUT2D eigenvalue weighted by molar-refractivity contribution is 6.30. The van der Waals surface area contributed by atoms with Crippen molar-refractivity contribution in [3.05, 3.63) is 83.6 Å². The Balaban J connectivity index is 1.61. The topological polar surface area (TPSA) is 55.6 Å². The van der Waals surface area contributed by atoms with Crippen LogP contribution < -0.4 is 10.1 Å². The minimum absolute atomic E-state index is 0.259. The number of benzene rings is 2. The van der Waals surface area contributed by atoms with E-state index in [1.165, 1.54) is 0 Å². The van der Waals surface area contributed by atoms with Crippen molar-refractivity contribution in [3.8, 4) is 17.0 Å². The number of amides is 1. The quantitative estimate of drug-likeness (QED) is 0.447. The number of anilines is 1. The molecule has 2 aromatic carbocycles. The molecule has 0 unspecified atom stereocenters. The summed E-state index contributed by atoms with van der Waals surface area (Å²) in [6, 6.07) is 18.6. The molecule has 0 fully saturated rings. The molecule has 2 heterocycles. The standard InChI is InChI=1S/C24H22ClN3O2/c1-16-7-6-14-28-15-21(26-22(16)28)19-8-4-5-9-20(19)27-23(29)24(2,3)30-18-12-10-17(25)11-13-18/h4-15H,1-3H3,(H,27,29). The third-order valence-corrected chi connectivity index (χ3v) is 5.11. The monoisotopic (exact) mass is 419 g/mol. The zero-order valence-electron chi connectivity index (χ0n) is 17.0. The van der Waals surface area contributed by atoms with Crippen LogP contribution in [0.15, 0.2) is 73.1 Å². The van der Waals surface area contributed by atoms with E-state index >= 15 is 0 Å². The Bertz CT molecular complexity index is 1210. The van der Waals surface area contributed by atoms with E-state index in [0.29, 0.717) is 16.5 Å². The van der Waals surface area contributed by atoms with Gasteiger partial charge in [-0.1, -0.05) is 35.9 Å². The van der Waals surface area contributed by atoms with Crippen LogP contribution in [0.1, 0.15) is 19.4 Å². The molecule has 4 aromatic rings. The van der Waals surface area contributed by atoms with Crippen molar-refractivity contribution < 1.29 is 9.53 Å². The molecule has 6 heteroatoms. The first-order valence-corrected chi connectivity index (χ1v) is 10.0. The minimum atomic E-state index is -1.09. The molecule has 1 amide bonds. The second-order valence-corrected chi connectivity index (χ2v) is 8.05. The zero-order valence-corrected chi connectivity index (χ0v) is 17.8. The van der Waals surface area contributed by atoms with Gasteiger partial charge in [0.1, 0.15) is 11.4 Å². The predicted molar refractivity (Wildman–Crippen MR) is 120 cm³/mol. The molecule has 0 saturated carbocycles. The second kappa shape index (κ2) is 7.84. The SMILES string of the molecule is Cc1cccn2cc(-c3ccccc3NC(=O)C(C)(C)Oc3ccc(Cl)cc3)nc12. The van der Waals surface area contributed by atoms with Gasteiger partial charge in [-0.2, -0.15) is 0 Å². The number of carbonyl (C=O) groups is 1. The molecule has 5 nitrogen and oxygen atoms in total. The number of nitrogens with one attached hydrogen (secondary N) is 1. The molecule has 0 radical (unpaired) electrons. The van der Waals surface area contributed by atoms with Crippen LogP contribution in [0.3, 0.4) is 0 Å². The molecular formula is C24H22ClN3O2. The number of carbonyl (C=O) groups excluding carboxylic acids is 1. The van der Waals surface area contributed by atoms with E-state index in [9.17, 15) is 4.79 Å². The number of pyridine rings is 1. The third kappa shape index (κ3) is 4.02. The van der Waals surface area contributed by atoms with Crippen LogP contribution in [-0.2, 0) is 4.79 Å². The van der Waals surface area contributed by atoms with Crippen LogP contribution in [0, 0.1) is 6.92 Å². The molecule has 0 aliphatic rings.